The first-order valence-electron chi connectivity index (χ1n) is 31.5. The third-order valence-corrected chi connectivity index (χ3v) is 19.4. The molecule has 3 aliphatic carbocycles. The first-order chi connectivity index (χ1) is 44.3. The molecule has 0 unspecified atom stereocenters. The van der Waals surface area contributed by atoms with Crippen LogP contribution in [0.1, 0.15) is 134 Å². The molecule has 2 bridgehead atoms. The molecule has 502 valence electrons. The number of hydrogen-bond donors (Lipinski definition) is 7. The number of benzene rings is 4. The molecule has 2 amide bonds. The highest BCUT2D eigenvalue weighted by molar-refractivity contribution is 5.94. The first-order valence-corrected chi connectivity index (χ1v) is 31.5. The number of hydrogen-bond acceptors (Lipinski definition) is 21. The summed E-state index contributed by atoms with van der Waals surface area (Å²) in [5, 5.41) is 69.2. The number of amides is 2. The van der Waals surface area contributed by atoms with Gasteiger partial charge in [-0.3, -0.25) is 24.1 Å². The summed E-state index contributed by atoms with van der Waals surface area (Å²) in [6, 6.07) is 24.2. The number of esters is 4. The quantitative estimate of drug-likeness (QED) is 0.0318. The van der Waals surface area contributed by atoms with Crippen molar-refractivity contribution >= 4 is 41.7 Å². The summed E-state index contributed by atoms with van der Waals surface area (Å²) < 4.78 is 37.9. The number of phenolic OH excluding ortho intramolecular Hbond substituents is 2. The average Bonchev–Trinajstić information content (AvgIpc) is 0.720. The van der Waals surface area contributed by atoms with E-state index in [4.69, 9.17) is 28.4 Å². The minimum Gasteiger partial charge on any atom is -0.508 e. The lowest BCUT2D eigenvalue weighted by Crippen LogP contribution is -2.81. The van der Waals surface area contributed by atoms with Crippen LogP contribution >= 0.6 is 0 Å². The standard InChI is InChI=1S/C69H82N6O19/c1-37(2)44-31-45(47(78)32-46(44)77)60-71-72-63(86)75(60)43-23-21-40(22-24-43)35-73-27-29-74(30-28-73)51(80)25-26-52(81)91-56(54(41-17-13-11-14-18-41)70-64(87)94-65(5,6)7)62(85)90-48-34-69(88)59(92-61(84)42-19-15-12-16-20-42)57-67(10,58(83)55(82)53(38(48)3)66(69,8)9)49(79)33-50-68(57,36-89-50)93-39(4)76/h11-24,31-32,37,48-50,54-57,59,77-79,82,88H,25-30,33-36H2,1-10H3,(H,70,87)(H,72,86)/t48-,49-,50+,54-,55+,56+,57-,59-,67+,68-,69+/m0/s1. The number of nitrogens with one attached hydrogen (secondary N) is 2. The molecule has 11 atom stereocenters. The predicted octanol–water partition coefficient (Wildman–Crippen LogP) is 6.01. The third kappa shape index (κ3) is 12.9. The predicted molar refractivity (Wildman–Crippen MR) is 336 cm³/mol. The van der Waals surface area contributed by atoms with Gasteiger partial charge >= 0.3 is 35.7 Å². The number of alkyl carbamates (subject to hydrolysis) is 1. The number of aromatic amines is 1. The summed E-state index contributed by atoms with van der Waals surface area (Å²) in [5.41, 5.74) is -7.40. The van der Waals surface area contributed by atoms with E-state index in [-0.39, 0.29) is 76.4 Å². The van der Waals surface area contributed by atoms with Crippen molar-refractivity contribution in [2.45, 2.75) is 167 Å². The molecule has 25 heteroatoms. The highest BCUT2D eigenvalue weighted by atomic mass is 16.6. The summed E-state index contributed by atoms with van der Waals surface area (Å²) in [4.78, 5) is 117. The summed E-state index contributed by atoms with van der Waals surface area (Å²) in [5.74, 6) is -7.39. The molecule has 7 N–H and O–H groups in total. The van der Waals surface area contributed by atoms with Gasteiger partial charge in [-0.2, -0.15) is 5.10 Å². The van der Waals surface area contributed by atoms with Crippen molar-refractivity contribution in [3.8, 4) is 28.6 Å². The maximum atomic E-state index is 15.4. The van der Waals surface area contributed by atoms with Crippen LogP contribution in [0.2, 0.25) is 0 Å². The number of carbonyl (C=O) groups is 7. The number of ketones is 1. The van der Waals surface area contributed by atoms with E-state index in [0.717, 1.165) is 12.5 Å². The summed E-state index contributed by atoms with van der Waals surface area (Å²) >= 11 is 0. The van der Waals surface area contributed by atoms with Crippen molar-refractivity contribution < 1.29 is 87.5 Å². The Morgan fingerprint density at radius 3 is 2.11 bits per heavy atom. The Bertz CT molecular complexity index is 3820. The van der Waals surface area contributed by atoms with E-state index in [1.54, 1.807) is 92.4 Å². The van der Waals surface area contributed by atoms with Crippen LogP contribution in [-0.2, 0) is 58.9 Å². The number of Topliss-reactive ketones (excluding diaryl/α,β-unsaturated/α-hetero) is 1. The Balaban J connectivity index is 0.894. The van der Waals surface area contributed by atoms with Crippen molar-refractivity contribution in [1.82, 2.24) is 29.9 Å². The molecule has 3 heterocycles. The fraction of sp³-hybridized carbons (Fsp3) is 0.493. The summed E-state index contributed by atoms with van der Waals surface area (Å²) in [7, 11) is 0. The lowest BCUT2D eigenvalue weighted by Gasteiger charge is -2.67. The van der Waals surface area contributed by atoms with Crippen LogP contribution in [0.4, 0.5) is 4.79 Å². The Labute approximate surface area is 542 Å². The number of H-pyrrole nitrogens is 1. The van der Waals surface area contributed by atoms with Crippen molar-refractivity contribution in [1.29, 1.82) is 0 Å². The zero-order valence-corrected chi connectivity index (χ0v) is 54.2. The van der Waals surface area contributed by atoms with Gasteiger partial charge in [0, 0.05) is 70.4 Å². The lowest BCUT2D eigenvalue weighted by atomic mass is 9.44. The number of aliphatic hydroxyl groups excluding tert-OH is 2. The fourth-order valence-corrected chi connectivity index (χ4v) is 14.3. The lowest BCUT2D eigenvalue weighted by molar-refractivity contribution is -0.346. The van der Waals surface area contributed by atoms with Crippen LogP contribution in [0.25, 0.3) is 17.1 Å². The number of nitrogens with zero attached hydrogens (tertiary/aromatic N) is 4. The molecular weight excluding hydrogens is 1220 g/mol. The Morgan fingerprint density at radius 1 is 0.851 bits per heavy atom. The molecule has 5 aromatic rings. The number of carbonyl (C=O) groups excluding carboxylic acids is 7. The SMILES string of the molecule is CC(=O)O[C@@]12CO[C@@H]1C[C@H](O)[C@@]1(C)C(=O)[C@H](O)C3=C(C)[C@@H](OC(=O)[C@H](OC(=O)CCC(=O)N4CCN(Cc5ccc(-n6c(-c7cc(C(C)C)c(O)cc7O)n[nH]c6=O)cc5)CC4)[C@@H](NC(=O)OC(C)(C)C)c4ccccc4)C[C@@](O)([C@@H](OC(=O)c4ccccc4)[C@H]21)C3(C)C. The van der Waals surface area contributed by atoms with Crippen LogP contribution < -0.4 is 11.0 Å². The summed E-state index contributed by atoms with van der Waals surface area (Å²) in [6.07, 6.45) is -13.2. The molecule has 5 aliphatic rings. The van der Waals surface area contributed by atoms with E-state index in [1.807, 2.05) is 26.0 Å². The van der Waals surface area contributed by atoms with Gasteiger partial charge < -0.3 is 64.2 Å². The van der Waals surface area contributed by atoms with Gasteiger partial charge in [-0.1, -0.05) is 88.4 Å². The maximum absolute atomic E-state index is 15.4. The van der Waals surface area contributed by atoms with Gasteiger partial charge in [0.1, 0.15) is 53.2 Å². The van der Waals surface area contributed by atoms with Gasteiger partial charge in [0.2, 0.25) is 12.0 Å². The zero-order valence-electron chi connectivity index (χ0n) is 54.2. The first kappa shape index (κ1) is 68.1. The Hall–Kier alpha value is -8.75. The van der Waals surface area contributed by atoms with Gasteiger partial charge in [0.05, 0.1) is 47.3 Å². The van der Waals surface area contributed by atoms with E-state index >= 15 is 9.59 Å². The second kappa shape index (κ2) is 26.2. The molecule has 0 spiro atoms. The average molecular weight is 1300 g/mol. The maximum Gasteiger partial charge on any atom is 0.408 e. The van der Waals surface area contributed by atoms with E-state index in [1.165, 1.54) is 50.5 Å². The molecule has 1 aromatic heterocycles. The second-order valence-corrected chi connectivity index (χ2v) is 27.1. The van der Waals surface area contributed by atoms with Crippen LogP contribution in [-0.4, -0.2) is 178 Å². The molecule has 2 saturated carbocycles. The van der Waals surface area contributed by atoms with Gasteiger partial charge in [0.15, 0.2) is 17.2 Å². The topological polar surface area (TPSA) is 345 Å². The Morgan fingerprint density at radius 2 is 1.50 bits per heavy atom. The van der Waals surface area contributed by atoms with Crippen LogP contribution in [0.3, 0.4) is 0 Å². The van der Waals surface area contributed by atoms with Crippen LogP contribution in [0.15, 0.2) is 113 Å². The molecule has 2 aliphatic heterocycles. The normalized spacial score (nSPS) is 26.4. The molecular formula is C69H82N6O19. The monoisotopic (exact) mass is 1300 g/mol. The number of aromatic hydroxyl groups is 2. The van der Waals surface area contributed by atoms with E-state index in [0.29, 0.717) is 44.0 Å². The van der Waals surface area contributed by atoms with Crippen molar-refractivity contribution in [3.05, 3.63) is 141 Å². The van der Waals surface area contributed by atoms with Crippen molar-refractivity contribution in [3.63, 3.8) is 0 Å². The molecule has 2 saturated heterocycles. The van der Waals surface area contributed by atoms with Crippen molar-refractivity contribution in [2.24, 2.45) is 16.7 Å². The summed E-state index contributed by atoms with van der Waals surface area (Å²) in [6.45, 7) is 17.3. The molecule has 25 nitrogen and oxygen atoms in total. The number of phenols is 2. The number of fused-ring (bicyclic) bond motifs is 5. The minimum atomic E-state index is -2.50. The number of piperazine rings is 1. The molecule has 94 heavy (non-hydrogen) atoms. The van der Waals surface area contributed by atoms with Crippen molar-refractivity contribution in [2.75, 3.05) is 32.8 Å². The van der Waals surface area contributed by atoms with Gasteiger partial charge in [-0.05, 0) is 98.7 Å². The van der Waals surface area contributed by atoms with Crippen LogP contribution in [0, 0.1) is 16.7 Å². The highest BCUT2D eigenvalue weighted by Gasteiger charge is 2.78. The van der Waals surface area contributed by atoms with E-state index in [9.17, 15) is 54.3 Å². The van der Waals surface area contributed by atoms with E-state index in [2.05, 4.69) is 20.4 Å². The largest absolute Gasteiger partial charge is 0.508 e. The third-order valence-electron chi connectivity index (χ3n) is 19.4. The fourth-order valence-electron chi connectivity index (χ4n) is 14.3. The zero-order chi connectivity index (χ0) is 68.1. The number of aromatic nitrogens is 3. The number of aliphatic hydroxyl groups is 3. The molecule has 10 rings (SSSR count). The second-order valence-electron chi connectivity index (χ2n) is 27.1. The Kier molecular flexibility index (Phi) is 19.0. The minimum absolute atomic E-state index is 0.0264. The van der Waals surface area contributed by atoms with E-state index < -0.39 is 131 Å². The van der Waals surface area contributed by atoms with Gasteiger partial charge in [-0.25, -0.2) is 28.8 Å². The molecule has 4 fully saturated rings. The molecule has 0 radical (unpaired) electrons. The smallest absolute Gasteiger partial charge is 0.408 e. The molecule has 4 aromatic carbocycles. The number of ether oxygens (including phenoxy) is 6. The van der Waals surface area contributed by atoms with Crippen LogP contribution in [0.5, 0.6) is 11.5 Å². The van der Waals surface area contributed by atoms with Gasteiger partial charge in [-0.15, -0.1) is 0 Å². The number of rotatable bonds is 17. The van der Waals surface area contributed by atoms with Gasteiger partial charge in [0.25, 0.3) is 0 Å². The highest BCUT2D eigenvalue weighted by Crippen LogP contribution is 2.64.